The molecular formula is C29H43NO16S. The molecule has 0 aromatic heterocycles. The number of carbonyl (C=O) groups is 7. The first-order valence-corrected chi connectivity index (χ1v) is 15.9. The van der Waals surface area contributed by atoms with Crippen molar-refractivity contribution in [2.45, 2.75) is 116 Å². The summed E-state index contributed by atoms with van der Waals surface area (Å²) in [6, 6.07) is 0. The second-order valence-electron chi connectivity index (χ2n) is 10.6. The predicted octanol–water partition coefficient (Wildman–Crippen LogP) is 0.324. The molecule has 0 saturated carbocycles. The molecule has 4 unspecified atom stereocenters. The third kappa shape index (κ3) is 11.6. The Bertz CT molecular complexity index is 1170. The van der Waals surface area contributed by atoms with Crippen molar-refractivity contribution in [2.24, 2.45) is 0 Å². The summed E-state index contributed by atoms with van der Waals surface area (Å²) in [4.78, 5) is 85.5. The van der Waals surface area contributed by atoms with Gasteiger partial charge in [0.2, 0.25) is 5.91 Å². The van der Waals surface area contributed by atoms with Gasteiger partial charge in [-0.25, -0.2) is 4.79 Å². The SMILES string of the molecule is CCS[C@@H]1OC(COC(C)=O)[C@@H]2OC(=O)[C@@](CC)(OC(CNC(C)=O)[C@H](OC(C)=O)[C@@H](COC(C)=O)OC(C)=O)OC2C1OC(C)=O. The minimum Gasteiger partial charge on any atom is -0.463 e. The number of ether oxygens (including phenoxy) is 9. The summed E-state index contributed by atoms with van der Waals surface area (Å²) in [7, 11) is 0. The van der Waals surface area contributed by atoms with E-state index < -0.39 is 109 Å². The molecule has 2 fully saturated rings. The second kappa shape index (κ2) is 18.2. The highest BCUT2D eigenvalue weighted by atomic mass is 32.2. The molecule has 18 heteroatoms. The molecule has 2 rings (SSSR count). The molecule has 1 N–H and O–H groups in total. The lowest BCUT2D eigenvalue weighted by Gasteiger charge is -2.51. The Kier molecular flexibility index (Phi) is 15.3. The summed E-state index contributed by atoms with van der Waals surface area (Å²) >= 11 is 1.26. The minimum atomic E-state index is -2.28. The van der Waals surface area contributed by atoms with Gasteiger partial charge in [-0.3, -0.25) is 28.8 Å². The number of esters is 6. The maximum Gasteiger partial charge on any atom is 0.367 e. The maximum absolute atomic E-state index is 13.8. The van der Waals surface area contributed by atoms with Gasteiger partial charge in [-0.05, 0) is 5.75 Å². The molecule has 0 spiro atoms. The number of hydrogen-bond acceptors (Lipinski definition) is 17. The third-order valence-corrected chi connectivity index (χ3v) is 7.76. The molecule has 2 aliphatic heterocycles. The first-order chi connectivity index (χ1) is 22.0. The lowest BCUT2D eigenvalue weighted by molar-refractivity contribution is -0.357. The minimum absolute atomic E-state index is 0.228. The van der Waals surface area contributed by atoms with Crippen molar-refractivity contribution in [2.75, 3.05) is 25.5 Å². The van der Waals surface area contributed by atoms with Crippen LogP contribution in [0.1, 0.15) is 61.8 Å². The summed E-state index contributed by atoms with van der Waals surface area (Å²) in [5.41, 5.74) is -0.849. The zero-order valence-electron chi connectivity index (χ0n) is 27.6. The third-order valence-electron chi connectivity index (χ3n) is 6.72. The first kappa shape index (κ1) is 39.7. The van der Waals surface area contributed by atoms with Crippen molar-refractivity contribution in [1.29, 1.82) is 0 Å². The van der Waals surface area contributed by atoms with Crippen molar-refractivity contribution in [1.82, 2.24) is 5.32 Å². The van der Waals surface area contributed by atoms with Gasteiger partial charge in [-0.15, -0.1) is 11.8 Å². The standard InChI is InChI=1S/C29H43NO16S/c1-9-29(45-20(11-30-14(3)31)23(41-18(7)35)21(40-17(6)34)12-38-15(4)32)28(37)44-24-22(13-39-16(5)33)43-27(47-10-2)26(25(24)46-29)42-19(8)36/h20-27H,9-13H2,1-8H3,(H,30,31)/t20?,21-,22?,23+,24+,25?,26?,27+,29+/m1/s1. The monoisotopic (exact) mass is 693 g/mol. The smallest absolute Gasteiger partial charge is 0.367 e. The number of hydrogen-bond donors (Lipinski definition) is 1. The fraction of sp³-hybridized carbons (Fsp3) is 0.759. The zero-order chi connectivity index (χ0) is 35.5. The fourth-order valence-electron chi connectivity index (χ4n) is 4.88. The van der Waals surface area contributed by atoms with Crippen molar-refractivity contribution in [3.8, 4) is 0 Å². The highest BCUT2D eigenvalue weighted by Crippen LogP contribution is 2.41. The second-order valence-corrected chi connectivity index (χ2v) is 11.9. The Morgan fingerprint density at radius 2 is 1.49 bits per heavy atom. The molecule has 2 saturated heterocycles. The molecule has 0 bridgehead atoms. The lowest BCUT2D eigenvalue weighted by Crippen LogP contribution is -2.69. The van der Waals surface area contributed by atoms with Crippen LogP contribution >= 0.6 is 11.8 Å². The number of carbonyl (C=O) groups excluding carboxylic acids is 7. The number of amides is 1. The lowest BCUT2D eigenvalue weighted by atomic mass is 9.96. The van der Waals surface area contributed by atoms with Crippen LogP contribution in [-0.2, 0) is 76.2 Å². The summed E-state index contributed by atoms with van der Waals surface area (Å²) < 4.78 is 51.1. The largest absolute Gasteiger partial charge is 0.463 e. The normalized spacial score (nSPS) is 27.1. The Morgan fingerprint density at radius 3 is 2.00 bits per heavy atom. The van der Waals surface area contributed by atoms with Crippen LogP contribution in [0.4, 0.5) is 0 Å². The number of thioether (sulfide) groups is 1. The van der Waals surface area contributed by atoms with Crippen LogP contribution in [0.15, 0.2) is 0 Å². The van der Waals surface area contributed by atoms with E-state index in [0.29, 0.717) is 5.75 Å². The maximum atomic E-state index is 13.8. The highest BCUT2D eigenvalue weighted by molar-refractivity contribution is 7.99. The Labute approximate surface area is 276 Å². The molecule has 47 heavy (non-hydrogen) atoms. The summed E-state index contributed by atoms with van der Waals surface area (Å²) in [5, 5.41) is 2.52. The molecule has 17 nitrogen and oxygen atoms in total. The number of fused-ring (bicyclic) bond motifs is 1. The van der Waals surface area contributed by atoms with Gasteiger partial charge in [0.25, 0.3) is 5.79 Å². The van der Waals surface area contributed by atoms with Crippen LogP contribution in [0.3, 0.4) is 0 Å². The summed E-state index contributed by atoms with van der Waals surface area (Å²) in [5.74, 6) is -7.11. The Morgan fingerprint density at radius 1 is 0.851 bits per heavy atom. The van der Waals surface area contributed by atoms with E-state index in [2.05, 4.69) is 5.32 Å². The molecule has 2 aliphatic rings. The molecule has 266 valence electrons. The molecular weight excluding hydrogens is 650 g/mol. The molecule has 0 radical (unpaired) electrons. The van der Waals surface area contributed by atoms with Gasteiger partial charge < -0.3 is 47.9 Å². The van der Waals surface area contributed by atoms with E-state index in [-0.39, 0.29) is 13.0 Å². The van der Waals surface area contributed by atoms with E-state index in [4.69, 9.17) is 42.6 Å². The van der Waals surface area contributed by atoms with E-state index in [9.17, 15) is 33.6 Å². The highest BCUT2D eigenvalue weighted by Gasteiger charge is 2.61. The van der Waals surface area contributed by atoms with Gasteiger partial charge >= 0.3 is 35.8 Å². The van der Waals surface area contributed by atoms with Crippen molar-refractivity contribution >= 4 is 53.5 Å². The average Bonchev–Trinajstić information content (AvgIpc) is 2.96. The van der Waals surface area contributed by atoms with Crippen molar-refractivity contribution in [3.63, 3.8) is 0 Å². The van der Waals surface area contributed by atoms with E-state index in [0.717, 1.165) is 20.8 Å². The van der Waals surface area contributed by atoms with Crippen LogP contribution in [0.5, 0.6) is 0 Å². The number of nitrogens with one attached hydrogen (secondary N) is 1. The van der Waals surface area contributed by atoms with Crippen molar-refractivity contribution in [3.05, 3.63) is 0 Å². The van der Waals surface area contributed by atoms with Crippen LogP contribution in [0.25, 0.3) is 0 Å². The van der Waals surface area contributed by atoms with E-state index >= 15 is 0 Å². The molecule has 0 aromatic rings. The van der Waals surface area contributed by atoms with Crippen molar-refractivity contribution < 1.29 is 76.2 Å². The Hall–Kier alpha value is -3.48. The van der Waals surface area contributed by atoms with E-state index in [1.807, 2.05) is 6.92 Å². The fourth-order valence-corrected chi connectivity index (χ4v) is 5.83. The first-order valence-electron chi connectivity index (χ1n) is 14.9. The summed E-state index contributed by atoms with van der Waals surface area (Å²) in [6.07, 6.45) is -9.39. The molecule has 0 aliphatic carbocycles. The van der Waals surface area contributed by atoms with Crippen LogP contribution in [-0.4, -0.2) is 121 Å². The van der Waals surface area contributed by atoms with Crippen LogP contribution in [0, 0.1) is 0 Å². The van der Waals surface area contributed by atoms with Gasteiger partial charge in [0.05, 0.1) is 0 Å². The number of rotatable bonds is 16. The van der Waals surface area contributed by atoms with Gasteiger partial charge in [-0.2, -0.15) is 0 Å². The summed E-state index contributed by atoms with van der Waals surface area (Å²) in [6.45, 7) is 8.85. The van der Waals surface area contributed by atoms with Gasteiger partial charge in [0.15, 0.2) is 24.4 Å². The molecule has 9 atom stereocenters. The quantitative estimate of drug-likeness (QED) is 0.170. The molecule has 1 amide bonds. The Balaban J connectivity index is 2.63. The van der Waals surface area contributed by atoms with Gasteiger partial charge in [0, 0.05) is 54.5 Å². The topological polar surface area (TPSA) is 215 Å². The van der Waals surface area contributed by atoms with E-state index in [1.165, 1.54) is 39.5 Å². The van der Waals surface area contributed by atoms with Crippen LogP contribution in [0.2, 0.25) is 0 Å². The predicted molar refractivity (Wildman–Crippen MR) is 158 cm³/mol. The average molecular weight is 694 g/mol. The molecule has 2 heterocycles. The van der Waals surface area contributed by atoms with Gasteiger partial charge in [0.1, 0.15) is 37.0 Å². The zero-order valence-corrected chi connectivity index (χ0v) is 28.4. The molecule has 0 aromatic carbocycles. The van der Waals surface area contributed by atoms with Crippen LogP contribution < -0.4 is 5.32 Å². The van der Waals surface area contributed by atoms with E-state index in [1.54, 1.807) is 0 Å². The van der Waals surface area contributed by atoms with Gasteiger partial charge in [-0.1, -0.05) is 13.8 Å².